The fraction of sp³-hybridized carbons (Fsp3) is 0.571. The molecule has 26 heavy (non-hydrogen) atoms. The van der Waals surface area contributed by atoms with Gasteiger partial charge in [-0.2, -0.15) is 0 Å². The maximum absolute atomic E-state index is 13.0. The second-order valence-electron chi connectivity index (χ2n) is 8.05. The zero-order chi connectivity index (χ0) is 18.3. The normalized spacial score (nSPS) is 28.2. The summed E-state index contributed by atoms with van der Waals surface area (Å²) in [7, 11) is 0. The molecule has 1 aliphatic heterocycles. The van der Waals surface area contributed by atoms with E-state index in [1.807, 2.05) is 25.1 Å². The highest BCUT2D eigenvalue weighted by Gasteiger charge is 2.55. The van der Waals surface area contributed by atoms with Crippen molar-refractivity contribution >= 4 is 17.7 Å². The van der Waals surface area contributed by atoms with E-state index >= 15 is 0 Å². The summed E-state index contributed by atoms with van der Waals surface area (Å²) in [4.78, 5) is 39.3. The van der Waals surface area contributed by atoms with E-state index in [9.17, 15) is 14.4 Å². The number of rotatable bonds is 3. The van der Waals surface area contributed by atoms with Crippen molar-refractivity contribution in [2.45, 2.75) is 63.8 Å². The SMILES string of the molecule is CC1CCCCC12NC(=O)N(CC(=O)c1ccc3c(c1)CCCC3)C2=O. The van der Waals surface area contributed by atoms with E-state index in [0.717, 1.165) is 43.4 Å². The number of aryl methyl sites for hydroxylation is 2. The lowest BCUT2D eigenvalue weighted by molar-refractivity contribution is -0.133. The molecule has 0 aromatic heterocycles. The van der Waals surface area contributed by atoms with E-state index < -0.39 is 11.6 Å². The number of imide groups is 1. The third-order valence-corrected chi connectivity index (χ3v) is 6.47. The molecule has 1 N–H and O–H groups in total. The van der Waals surface area contributed by atoms with Crippen LogP contribution in [0.5, 0.6) is 0 Å². The smallest absolute Gasteiger partial charge is 0.323 e. The predicted molar refractivity (Wildman–Crippen MR) is 98.0 cm³/mol. The Hall–Kier alpha value is -2.17. The zero-order valence-corrected chi connectivity index (χ0v) is 15.3. The minimum absolute atomic E-state index is 0.108. The fourth-order valence-electron chi connectivity index (χ4n) is 4.78. The average Bonchev–Trinajstić information content (AvgIpc) is 2.89. The number of urea groups is 1. The van der Waals surface area contributed by atoms with Gasteiger partial charge in [0, 0.05) is 5.56 Å². The Bertz CT molecular complexity index is 773. The third-order valence-electron chi connectivity index (χ3n) is 6.47. The van der Waals surface area contributed by atoms with E-state index in [4.69, 9.17) is 0 Å². The molecule has 2 unspecified atom stereocenters. The van der Waals surface area contributed by atoms with Crippen LogP contribution in [-0.4, -0.2) is 34.7 Å². The monoisotopic (exact) mass is 354 g/mol. The molecule has 5 heteroatoms. The second-order valence-corrected chi connectivity index (χ2v) is 8.05. The van der Waals surface area contributed by atoms with E-state index in [-0.39, 0.29) is 24.2 Å². The number of nitrogens with one attached hydrogen (secondary N) is 1. The highest BCUT2D eigenvalue weighted by molar-refractivity contribution is 6.11. The van der Waals surface area contributed by atoms with Gasteiger partial charge in [0.25, 0.3) is 5.91 Å². The van der Waals surface area contributed by atoms with Gasteiger partial charge < -0.3 is 5.32 Å². The Kier molecular flexibility index (Phi) is 4.33. The first kappa shape index (κ1) is 17.3. The molecular weight excluding hydrogens is 328 g/mol. The van der Waals surface area contributed by atoms with Crippen molar-refractivity contribution in [3.8, 4) is 0 Å². The molecule has 2 aliphatic carbocycles. The van der Waals surface area contributed by atoms with Crippen molar-refractivity contribution in [1.82, 2.24) is 10.2 Å². The van der Waals surface area contributed by atoms with Gasteiger partial charge in [-0.05, 0) is 61.6 Å². The van der Waals surface area contributed by atoms with Crippen molar-refractivity contribution in [2.24, 2.45) is 5.92 Å². The molecule has 3 amide bonds. The van der Waals surface area contributed by atoms with E-state index in [0.29, 0.717) is 12.0 Å². The number of benzene rings is 1. The van der Waals surface area contributed by atoms with Crippen LogP contribution in [0, 0.1) is 5.92 Å². The van der Waals surface area contributed by atoms with E-state index in [1.54, 1.807) is 0 Å². The molecule has 1 saturated carbocycles. The number of hydrogen-bond donors (Lipinski definition) is 1. The summed E-state index contributed by atoms with van der Waals surface area (Å²) in [6, 6.07) is 5.39. The standard InChI is InChI=1S/C21H26N2O3/c1-14-6-4-5-11-21(14)19(25)23(20(26)22-21)13-18(24)17-10-9-15-7-2-3-8-16(15)12-17/h9-10,12,14H,2-8,11,13H2,1H3,(H,22,26). The van der Waals surface area contributed by atoms with Gasteiger partial charge in [0.2, 0.25) is 0 Å². The minimum Gasteiger partial charge on any atom is -0.323 e. The van der Waals surface area contributed by atoms with Crippen LogP contribution in [0.4, 0.5) is 4.79 Å². The summed E-state index contributed by atoms with van der Waals surface area (Å²) in [5.74, 6) is -0.278. The number of carbonyl (C=O) groups is 3. The molecular formula is C21H26N2O3. The molecule has 0 bridgehead atoms. The first-order chi connectivity index (χ1) is 12.5. The topological polar surface area (TPSA) is 66.5 Å². The van der Waals surface area contributed by atoms with Crippen molar-refractivity contribution < 1.29 is 14.4 Å². The lowest BCUT2D eigenvalue weighted by Gasteiger charge is -2.36. The summed E-state index contributed by atoms with van der Waals surface area (Å²) in [5, 5.41) is 2.91. The third kappa shape index (κ3) is 2.74. The van der Waals surface area contributed by atoms with Crippen molar-refractivity contribution in [3.63, 3.8) is 0 Å². The molecule has 5 nitrogen and oxygen atoms in total. The van der Waals surface area contributed by atoms with Crippen molar-refractivity contribution in [1.29, 1.82) is 0 Å². The lowest BCUT2D eigenvalue weighted by Crippen LogP contribution is -2.54. The maximum Gasteiger partial charge on any atom is 0.325 e. The molecule has 2 atom stereocenters. The van der Waals surface area contributed by atoms with Crippen LogP contribution < -0.4 is 5.32 Å². The molecule has 1 aromatic rings. The van der Waals surface area contributed by atoms with E-state index in [2.05, 4.69) is 5.32 Å². The van der Waals surface area contributed by atoms with Crippen molar-refractivity contribution in [2.75, 3.05) is 6.54 Å². The van der Waals surface area contributed by atoms with Gasteiger partial charge in [-0.25, -0.2) is 4.79 Å². The first-order valence-electron chi connectivity index (χ1n) is 9.80. The molecule has 1 heterocycles. The average molecular weight is 354 g/mol. The first-order valence-corrected chi connectivity index (χ1v) is 9.80. The van der Waals surface area contributed by atoms with Gasteiger partial charge in [0.1, 0.15) is 5.54 Å². The Morgan fingerprint density at radius 3 is 2.69 bits per heavy atom. The molecule has 0 radical (unpaired) electrons. The molecule has 1 spiro atoms. The summed E-state index contributed by atoms with van der Waals surface area (Å²) in [6.45, 7) is 1.85. The fourth-order valence-corrected chi connectivity index (χ4v) is 4.78. The van der Waals surface area contributed by atoms with Crippen LogP contribution >= 0.6 is 0 Å². The molecule has 4 rings (SSSR count). The molecule has 138 valence electrons. The number of ketones is 1. The zero-order valence-electron chi connectivity index (χ0n) is 15.3. The minimum atomic E-state index is -0.800. The van der Waals surface area contributed by atoms with Crippen LogP contribution in [0.3, 0.4) is 0 Å². The van der Waals surface area contributed by atoms with Crippen LogP contribution in [0.1, 0.15) is 66.9 Å². The highest BCUT2D eigenvalue weighted by Crippen LogP contribution is 2.38. The molecule has 1 saturated heterocycles. The summed E-state index contributed by atoms with van der Waals surface area (Å²) < 4.78 is 0. The lowest BCUT2D eigenvalue weighted by atomic mass is 9.73. The van der Waals surface area contributed by atoms with Gasteiger partial charge in [-0.1, -0.05) is 31.9 Å². The van der Waals surface area contributed by atoms with Crippen LogP contribution in [0.2, 0.25) is 0 Å². The number of fused-ring (bicyclic) bond motifs is 1. The second kappa shape index (κ2) is 6.53. The van der Waals surface area contributed by atoms with Gasteiger partial charge in [-0.15, -0.1) is 0 Å². The Morgan fingerprint density at radius 2 is 1.92 bits per heavy atom. The van der Waals surface area contributed by atoms with Gasteiger partial charge in [0.15, 0.2) is 5.78 Å². The number of hydrogen-bond acceptors (Lipinski definition) is 3. The van der Waals surface area contributed by atoms with Gasteiger partial charge in [-0.3, -0.25) is 14.5 Å². The van der Waals surface area contributed by atoms with Gasteiger partial charge in [0.05, 0.1) is 6.54 Å². The largest absolute Gasteiger partial charge is 0.325 e. The van der Waals surface area contributed by atoms with Crippen LogP contribution in [0.25, 0.3) is 0 Å². The maximum atomic E-state index is 13.0. The number of carbonyl (C=O) groups excluding carboxylic acids is 3. The van der Waals surface area contributed by atoms with Crippen molar-refractivity contribution in [3.05, 3.63) is 34.9 Å². The quantitative estimate of drug-likeness (QED) is 0.669. The summed E-state index contributed by atoms with van der Waals surface area (Å²) in [5.41, 5.74) is 2.35. The Morgan fingerprint density at radius 1 is 1.15 bits per heavy atom. The summed E-state index contributed by atoms with van der Waals surface area (Å²) in [6.07, 6.45) is 8.03. The van der Waals surface area contributed by atoms with Crippen LogP contribution in [-0.2, 0) is 17.6 Å². The molecule has 3 aliphatic rings. The highest BCUT2D eigenvalue weighted by atomic mass is 16.2. The van der Waals surface area contributed by atoms with Gasteiger partial charge >= 0.3 is 6.03 Å². The molecule has 2 fully saturated rings. The summed E-state index contributed by atoms with van der Waals surface area (Å²) >= 11 is 0. The number of amides is 3. The Labute approximate surface area is 154 Å². The molecule has 1 aromatic carbocycles. The predicted octanol–water partition coefficient (Wildman–Crippen LogP) is 3.25. The van der Waals surface area contributed by atoms with E-state index in [1.165, 1.54) is 17.5 Å². The number of nitrogens with zero attached hydrogens (tertiary/aromatic N) is 1. The Balaban J connectivity index is 1.52. The number of Topliss-reactive ketones (excluding diaryl/α,β-unsaturated/α-hetero) is 1. The van der Waals surface area contributed by atoms with Crippen LogP contribution in [0.15, 0.2) is 18.2 Å².